The van der Waals surface area contributed by atoms with Crippen molar-refractivity contribution in [1.82, 2.24) is 10.6 Å². The van der Waals surface area contributed by atoms with Gasteiger partial charge in [-0.15, -0.1) is 0 Å². The van der Waals surface area contributed by atoms with Crippen molar-refractivity contribution in [2.75, 3.05) is 13.2 Å². The second-order valence-corrected chi connectivity index (χ2v) is 11.9. The SMILES string of the molecule is O=C(CC1CC=CCC(Cc2ccccc2)C(=O)OCC(CC2CCCCC2)NC1=O)NC(CO)Cc1ccccc1. The highest BCUT2D eigenvalue weighted by Gasteiger charge is 2.29. The molecule has 4 atom stereocenters. The van der Waals surface area contributed by atoms with Crippen LogP contribution in [-0.4, -0.2) is 48.2 Å². The number of nitrogens with one attached hydrogen (secondary N) is 2. The molecule has 1 aliphatic heterocycles. The molecule has 3 N–H and O–H groups in total. The minimum absolute atomic E-state index is 0.0187. The van der Waals surface area contributed by atoms with E-state index in [1.807, 2.05) is 72.8 Å². The molecule has 0 spiro atoms. The van der Waals surface area contributed by atoms with E-state index in [2.05, 4.69) is 10.6 Å². The molecule has 0 bridgehead atoms. The fourth-order valence-corrected chi connectivity index (χ4v) is 6.15. The first kappa shape index (κ1) is 31.5. The van der Waals surface area contributed by atoms with Crippen LogP contribution in [0.25, 0.3) is 0 Å². The van der Waals surface area contributed by atoms with Crippen LogP contribution in [0.1, 0.15) is 68.9 Å². The number of rotatable bonds is 10. The van der Waals surface area contributed by atoms with E-state index < -0.39 is 12.0 Å². The molecule has 1 saturated carbocycles. The number of amides is 2. The van der Waals surface area contributed by atoms with Gasteiger partial charge in [0.2, 0.25) is 11.8 Å². The number of carbonyl (C=O) groups excluding carboxylic acids is 3. The zero-order chi connectivity index (χ0) is 29.6. The smallest absolute Gasteiger partial charge is 0.309 e. The molecule has 1 aliphatic carbocycles. The van der Waals surface area contributed by atoms with Gasteiger partial charge in [-0.25, -0.2) is 0 Å². The van der Waals surface area contributed by atoms with E-state index in [4.69, 9.17) is 4.74 Å². The number of hydrogen-bond donors (Lipinski definition) is 3. The number of aliphatic hydroxyl groups is 1. The van der Waals surface area contributed by atoms with Gasteiger partial charge in [0.25, 0.3) is 0 Å². The number of esters is 1. The van der Waals surface area contributed by atoms with E-state index in [0.717, 1.165) is 30.4 Å². The van der Waals surface area contributed by atoms with Crippen molar-refractivity contribution in [3.8, 4) is 0 Å². The summed E-state index contributed by atoms with van der Waals surface area (Å²) in [6, 6.07) is 18.9. The Kier molecular flexibility index (Phi) is 12.6. The lowest BCUT2D eigenvalue weighted by Gasteiger charge is -2.29. The number of cyclic esters (lactones) is 1. The third-order valence-corrected chi connectivity index (χ3v) is 8.49. The summed E-state index contributed by atoms with van der Waals surface area (Å²) in [7, 11) is 0. The fraction of sp³-hybridized carbons (Fsp3) is 0.514. The summed E-state index contributed by atoms with van der Waals surface area (Å²) in [5.74, 6) is -1.09. The Balaban J connectivity index is 1.45. The van der Waals surface area contributed by atoms with Gasteiger partial charge in [-0.2, -0.15) is 0 Å². The van der Waals surface area contributed by atoms with Crippen molar-refractivity contribution in [2.24, 2.45) is 17.8 Å². The van der Waals surface area contributed by atoms with Crippen molar-refractivity contribution in [1.29, 1.82) is 0 Å². The molecule has 2 amide bonds. The minimum Gasteiger partial charge on any atom is -0.463 e. The van der Waals surface area contributed by atoms with Gasteiger partial charge in [0.05, 0.1) is 30.5 Å². The first-order chi connectivity index (χ1) is 20.5. The second-order valence-electron chi connectivity index (χ2n) is 11.9. The summed E-state index contributed by atoms with van der Waals surface area (Å²) in [4.78, 5) is 39.8. The molecule has 0 radical (unpaired) electrons. The van der Waals surface area contributed by atoms with Crippen LogP contribution < -0.4 is 10.6 Å². The third-order valence-electron chi connectivity index (χ3n) is 8.49. The highest BCUT2D eigenvalue weighted by Crippen LogP contribution is 2.28. The molecule has 0 saturated heterocycles. The van der Waals surface area contributed by atoms with E-state index >= 15 is 0 Å². The highest BCUT2D eigenvalue weighted by molar-refractivity contribution is 5.86. The first-order valence-corrected chi connectivity index (χ1v) is 15.6. The number of allylic oxidation sites excluding steroid dienone is 2. The average Bonchev–Trinajstić information content (AvgIpc) is 3.01. The van der Waals surface area contributed by atoms with Gasteiger partial charge in [0.15, 0.2) is 0 Å². The van der Waals surface area contributed by atoms with E-state index in [9.17, 15) is 19.5 Å². The molecule has 2 aliphatic rings. The molecular weight excluding hydrogens is 528 g/mol. The van der Waals surface area contributed by atoms with Crippen LogP contribution in [0.4, 0.5) is 0 Å². The topological polar surface area (TPSA) is 105 Å². The number of benzene rings is 2. The highest BCUT2D eigenvalue weighted by atomic mass is 16.5. The Hall–Kier alpha value is -3.45. The zero-order valence-corrected chi connectivity index (χ0v) is 24.6. The fourth-order valence-electron chi connectivity index (χ4n) is 6.15. The quantitative estimate of drug-likeness (QED) is 0.276. The van der Waals surface area contributed by atoms with Gasteiger partial charge in [-0.05, 0) is 49.1 Å². The van der Waals surface area contributed by atoms with Gasteiger partial charge in [0, 0.05) is 6.42 Å². The Bertz CT molecular complexity index is 1150. The molecule has 2 aromatic carbocycles. The lowest BCUT2D eigenvalue weighted by atomic mass is 9.84. The summed E-state index contributed by atoms with van der Waals surface area (Å²) in [6.45, 7) is -0.0479. The van der Waals surface area contributed by atoms with Crippen molar-refractivity contribution in [2.45, 2.75) is 82.7 Å². The Morgan fingerprint density at radius 2 is 1.55 bits per heavy atom. The van der Waals surface area contributed by atoms with Crippen LogP contribution in [0.15, 0.2) is 72.8 Å². The molecular formula is C35H46N2O5. The minimum atomic E-state index is -0.561. The number of carbonyl (C=O) groups is 3. The Morgan fingerprint density at radius 3 is 2.21 bits per heavy atom. The third kappa shape index (κ3) is 10.4. The molecule has 7 nitrogen and oxygen atoms in total. The second kappa shape index (κ2) is 16.9. The predicted molar refractivity (Wildman–Crippen MR) is 163 cm³/mol. The molecule has 42 heavy (non-hydrogen) atoms. The Morgan fingerprint density at radius 1 is 0.905 bits per heavy atom. The molecule has 226 valence electrons. The molecule has 4 rings (SSSR count). The number of hydrogen-bond acceptors (Lipinski definition) is 5. The lowest BCUT2D eigenvalue weighted by molar-refractivity contribution is -0.150. The van der Waals surface area contributed by atoms with Crippen LogP contribution in [-0.2, 0) is 32.0 Å². The number of ether oxygens (including phenoxy) is 1. The largest absolute Gasteiger partial charge is 0.463 e. The zero-order valence-electron chi connectivity index (χ0n) is 24.6. The normalized spacial score (nSPS) is 23.1. The van der Waals surface area contributed by atoms with E-state index in [0.29, 0.717) is 31.6 Å². The summed E-state index contributed by atoms with van der Waals surface area (Å²) >= 11 is 0. The van der Waals surface area contributed by atoms with Crippen molar-refractivity contribution in [3.05, 3.63) is 83.9 Å². The van der Waals surface area contributed by atoms with Crippen molar-refractivity contribution >= 4 is 17.8 Å². The van der Waals surface area contributed by atoms with Gasteiger partial charge >= 0.3 is 5.97 Å². The van der Waals surface area contributed by atoms with Crippen LogP contribution in [0, 0.1) is 17.8 Å². The van der Waals surface area contributed by atoms with E-state index in [1.165, 1.54) is 19.3 Å². The van der Waals surface area contributed by atoms with Crippen LogP contribution >= 0.6 is 0 Å². The van der Waals surface area contributed by atoms with Gasteiger partial charge in [0.1, 0.15) is 6.61 Å². The summed E-state index contributed by atoms with van der Waals surface area (Å²) in [6.07, 6.45) is 12.5. The van der Waals surface area contributed by atoms with Gasteiger partial charge in [-0.3, -0.25) is 14.4 Å². The molecule has 4 unspecified atom stereocenters. The standard InChI is InChI=1S/C35H46N2O5/c38-24-31(21-27-14-6-2-7-15-27)36-33(39)23-29-18-10-11-19-30(20-26-12-4-1-5-13-26)35(41)42-25-32(37-34(29)40)22-28-16-8-3-9-17-28/h1-2,4-7,10-15,28-32,38H,3,8-9,16-25H2,(H,36,39)(H,37,40). The maximum Gasteiger partial charge on any atom is 0.309 e. The van der Waals surface area contributed by atoms with Crippen LogP contribution in [0.5, 0.6) is 0 Å². The molecule has 7 heteroatoms. The maximum atomic E-state index is 13.5. The summed E-state index contributed by atoms with van der Waals surface area (Å²) in [5.41, 5.74) is 2.10. The summed E-state index contributed by atoms with van der Waals surface area (Å²) < 4.78 is 5.85. The molecule has 0 aromatic heterocycles. The van der Waals surface area contributed by atoms with Gasteiger partial charge < -0.3 is 20.5 Å². The average molecular weight is 575 g/mol. The van der Waals surface area contributed by atoms with E-state index in [-0.39, 0.29) is 49.4 Å². The van der Waals surface area contributed by atoms with Crippen LogP contribution in [0.3, 0.4) is 0 Å². The molecule has 1 heterocycles. The molecule has 2 aromatic rings. The molecule has 1 fully saturated rings. The summed E-state index contributed by atoms with van der Waals surface area (Å²) in [5, 5.41) is 16.0. The number of aliphatic hydroxyl groups excluding tert-OH is 1. The predicted octanol–water partition coefficient (Wildman–Crippen LogP) is 4.92. The van der Waals surface area contributed by atoms with Crippen molar-refractivity contribution in [3.63, 3.8) is 0 Å². The van der Waals surface area contributed by atoms with Crippen LogP contribution in [0.2, 0.25) is 0 Å². The van der Waals surface area contributed by atoms with Crippen molar-refractivity contribution < 1.29 is 24.2 Å². The maximum absolute atomic E-state index is 13.5. The van der Waals surface area contributed by atoms with E-state index in [1.54, 1.807) is 0 Å². The first-order valence-electron chi connectivity index (χ1n) is 15.6. The monoisotopic (exact) mass is 574 g/mol. The van der Waals surface area contributed by atoms with Gasteiger partial charge in [-0.1, -0.05) is 105 Å². The Labute approximate surface area is 250 Å². The lowest BCUT2D eigenvalue weighted by Crippen LogP contribution is -2.45.